The van der Waals surface area contributed by atoms with Gasteiger partial charge in [-0.05, 0) is 220 Å². The lowest BCUT2D eigenvalue weighted by atomic mass is 9.91. The molecule has 0 atom stereocenters. The van der Waals surface area contributed by atoms with Crippen LogP contribution in [0.3, 0.4) is 0 Å². The van der Waals surface area contributed by atoms with E-state index in [1.54, 1.807) is 12.1 Å². The molecule has 2 aromatic heterocycles. The van der Waals surface area contributed by atoms with E-state index < -0.39 is 11.7 Å². The Kier molecular flexibility index (Phi) is 12.5. The summed E-state index contributed by atoms with van der Waals surface area (Å²) in [6.07, 6.45) is -4.88. The van der Waals surface area contributed by atoms with Gasteiger partial charge in [0, 0.05) is 32.7 Å². The van der Waals surface area contributed by atoms with Gasteiger partial charge in [0.25, 0.3) is 0 Å². The molecule has 0 saturated carbocycles. The van der Waals surface area contributed by atoms with E-state index in [1.807, 2.05) is 15.2 Å². The third-order valence-corrected chi connectivity index (χ3v) is 16.5. The maximum absolute atomic E-state index is 16.1. The quantitative estimate of drug-likeness (QED) is 0.147. The van der Waals surface area contributed by atoms with Crippen LogP contribution in [0.25, 0.3) is 115 Å². The van der Waals surface area contributed by atoms with Crippen molar-refractivity contribution in [3.05, 3.63) is 241 Å². The number of rotatable bonds is 7. The SMILES string of the molecule is [C-]#[N+]c1cccc(C(F)(F)F)c1-c1c(-n2c3ccc(-c4ccc(C)cc4C)cc3c3cc(-c4c(C)cc(C)cc4C)ccc32)cc(C#N)cc1-n1c2ccc(-c3c(C)cc(C)cc3C)cc2c2cc(-c3c(C)cc(C)cc3C)ccc21. The Labute approximate surface area is 471 Å². The van der Waals surface area contributed by atoms with Crippen molar-refractivity contribution >= 4 is 49.3 Å². The molecule has 7 heteroatoms. The van der Waals surface area contributed by atoms with Crippen molar-refractivity contribution in [2.24, 2.45) is 0 Å². The number of fused-ring (bicyclic) bond motifs is 6. The van der Waals surface area contributed by atoms with Gasteiger partial charge in [-0.3, -0.25) is 0 Å². The van der Waals surface area contributed by atoms with E-state index in [0.29, 0.717) is 11.4 Å². The molecule has 0 aliphatic carbocycles. The second-order valence-electron chi connectivity index (χ2n) is 22.5. The first-order valence-corrected chi connectivity index (χ1v) is 27.4. The van der Waals surface area contributed by atoms with E-state index >= 15 is 13.2 Å². The van der Waals surface area contributed by atoms with Crippen LogP contribution >= 0.6 is 0 Å². The van der Waals surface area contributed by atoms with Gasteiger partial charge >= 0.3 is 6.18 Å². The number of aryl methyl sites for hydroxylation is 11. The predicted molar refractivity (Wildman–Crippen MR) is 330 cm³/mol. The number of nitriles is 1. The molecule has 4 nitrogen and oxygen atoms in total. The summed E-state index contributed by atoms with van der Waals surface area (Å²) in [6, 6.07) is 54.6. The van der Waals surface area contributed by atoms with Crippen molar-refractivity contribution in [3.63, 3.8) is 0 Å². The Morgan fingerprint density at radius 2 is 0.765 bits per heavy atom. The fraction of sp³-hybridized carbons (Fsp3) is 0.162. The van der Waals surface area contributed by atoms with Crippen molar-refractivity contribution in [2.45, 2.75) is 82.3 Å². The first-order valence-electron chi connectivity index (χ1n) is 27.4. The van der Waals surface area contributed by atoms with Crippen LogP contribution in [0.1, 0.15) is 72.3 Å². The number of alkyl halides is 3. The van der Waals surface area contributed by atoms with E-state index in [4.69, 9.17) is 6.57 Å². The normalized spacial score (nSPS) is 11.8. The van der Waals surface area contributed by atoms with E-state index in [1.165, 1.54) is 28.8 Å². The van der Waals surface area contributed by atoms with Crippen LogP contribution in [-0.4, -0.2) is 9.13 Å². The summed E-state index contributed by atoms with van der Waals surface area (Å²) in [4.78, 5) is 3.89. The van der Waals surface area contributed by atoms with Crippen LogP contribution in [0.4, 0.5) is 18.9 Å². The first kappa shape index (κ1) is 52.3. The molecule has 10 aromatic carbocycles. The van der Waals surface area contributed by atoms with E-state index in [0.717, 1.165) is 139 Å². The molecule has 0 aliphatic heterocycles. The van der Waals surface area contributed by atoms with Gasteiger partial charge in [-0.25, -0.2) is 4.85 Å². The van der Waals surface area contributed by atoms with Gasteiger partial charge < -0.3 is 9.13 Å². The highest BCUT2D eigenvalue weighted by atomic mass is 19.4. The number of nitrogens with zero attached hydrogens (tertiary/aromatic N) is 4. The Bertz CT molecular complexity index is 4590. The molecule has 0 saturated heterocycles. The Hall–Kier alpha value is -9.43. The van der Waals surface area contributed by atoms with Crippen LogP contribution in [0.15, 0.2) is 158 Å². The smallest absolute Gasteiger partial charge is 0.309 e. The number of halogens is 3. The minimum atomic E-state index is -4.88. The van der Waals surface area contributed by atoms with Crippen molar-refractivity contribution < 1.29 is 13.2 Å². The summed E-state index contributed by atoms with van der Waals surface area (Å²) in [6.45, 7) is 31.9. The summed E-state index contributed by atoms with van der Waals surface area (Å²) >= 11 is 0. The van der Waals surface area contributed by atoms with Crippen LogP contribution in [-0.2, 0) is 6.18 Å². The monoisotopic (exact) mass is 1060 g/mol. The molecule has 0 radical (unpaired) electrons. The Morgan fingerprint density at radius 1 is 0.395 bits per heavy atom. The molecule has 0 unspecified atom stereocenters. The molecule has 2 heterocycles. The Balaban J connectivity index is 1.26. The number of aromatic nitrogens is 2. The molecule has 0 fully saturated rings. The summed E-state index contributed by atoms with van der Waals surface area (Å²) < 4.78 is 52.5. The Morgan fingerprint density at radius 3 is 1.12 bits per heavy atom. The van der Waals surface area contributed by atoms with Crippen LogP contribution in [0, 0.1) is 94.1 Å². The molecule has 0 amide bonds. The van der Waals surface area contributed by atoms with Gasteiger partial charge in [0.2, 0.25) is 0 Å². The van der Waals surface area contributed by atoms with Gasteiger partial charge in [0.15, 0.2) is 5.69 Å². The molecular weight excluding hydrogens is 1000 g/mol. The molecule has 12 aromatic rings. The lowest BCUT2D eigenvalue weighted by Gasteiger charge is -2.24. The summed E-state index contributed by atoms with van der Waals surface area (Å²) in [5.41, 5.74) is 23.6. The molecule has 0 bridgehead atoms. The fourth-order valence-electron chi connectivity index (χ4n) is 13.7. The lowest BCUT2D eigenvalue weighted by Crippen LogP contribution is -2.11. The zero-order chi connectivity index (χ0) is 57.1. The van der Waals surface area contributed by atoms with Crippen LogP contribution in [0.5, 0.6) is 0 Å². The molecule has 0 aliphatic rings. The maximum atomic E-state index is 16.1. The number of benzene rings is 10. The molecule has 81 heavy (non-hydrogen) atoms. The lowest BCUT2D eigenvalue weighted by molar-refractivity contribution is -0.137. The molecular formula is C74H59F3N4. The van der Waals surface area contributed by atoms with Crippen molar-refractivity contribution in [1.29, 1.82) is 5.26 Å². The summed E-state index contributed by atoms with van der Waals surface area (Å²) in [5, 5.41) is 14.8. The zero-order valence-electron chi connectivity index (χ0n) is 47.4. The molecule has 0 N–H and O–H groups in total. The van der Waals surface area contributed by atoms with Gasteiger partial charge in [0.05, 0.1) is 57.2 Å². The average Bonchev–Trinajstić information content (AvgIpc) is 4.01. The highest BCUT2D eigenvalue weighted by Crippen LogP contribution is 2.51. The maximum Gasteiger partial charge on any atom is 0.415 e. The fourth-order valence-corrected chi connectivity index (χ4v) is 13.7. The minimum Gasteiger partial charge on any atom is -0.309 e. The standard InChI is InChI=1S/C74H59F3N4/c1-40-16-21-56(44(5)26-40)52-17-22-63-57(35-52)58-36-53(69-45(6)27-41(2)28-46(69)7)18-23-64(58)80(63)67-33-51(39-78)34-68(73(67)72-61(74(75,76)77)14-13-15-62(72)79-12)81-65-24-19-54(70-47(8)29-42(3)30-48(70)9)37-59(65)60-38-55(20-25-66(60)81)71-49(10)31-43(4)32-50(71)11/h13-38H,1-11H3. The number of hydrogen-bond acceptors (Lipinski definition) is 1. The third kappa shape index (κ3) is 8.68. The average molecular weight is 1060 g/mol. The van der Waals surface area contributed by atoms with Crippen LogP contribution in [0.2, 0.25) is 0 Å². The van der Waals surface area contributed by atoms with E-state index in [9.17, 15) is 5.26 Å². The van der Waals surface area contributed by atoms with Crippen molar-refractivity contribution in [2.75, 3.05) is 0 Å². The molecule has 396 valence electrons. The second-order valence-corrected chi connectivity index (χ2v) is 22.5. The van der Waals surface area contributed by atoms with E-state index in [-0.39, 0.29) is 22.4 Å². The van der Waals surface area contributed by atoms with Gasteiger partial charge in [0.1, 0.15) is 0 Å². The van der Waals surface area contributed by atoms with Gasteiger partial charge in [-0.2, -0.15) is 18.4 Å². The summed E-state index contributed by atoms with van der Waals surface area (Å²) in [5.74, 6) is 0. The minimum absolute atomic E-state index is 0.163. The topological polar surface area (TPSA) is 38.0 Å². The van der Waals surface area contributed by atoms with Crippen molar-refractivity contribution in [1.82, 2.24) is 9.13 Å². The molecule has 0 spiro atoms. The van der Waals surface area contributed by atoms with Crippen molar-refractivity contribution in [3.8, 4) is 73.1 Å². The highest BCUT2D eigenvalue weighted by molar-refractivity contribution is 6.15. The predicted octanol–water partition coefficient (Wildman–Crippen LogP) is 21.0. The number of hydrogen-bond donors (Lipinski definition) is 0. The second kappa shape index (κ2) is 19.4. The van der Waals surface area contributed by atoms with Crippen LogP contribution < -0.4 is 0 Å². The molecule has 12 rings (SSSR count). The summed E-state index contributed by atoms with van der Waals surface area (Å²) in [7, 11) is 0. The van der Waals surface area contributed by atoms with Gasteiger partial charge in [-0.15, -0.1) is 0 Å². The van der Waals surface area contributed by atoms with Gasteiger partial charge in [-0.1, -0.05) is 119 Å². The first-order chi connectivity index (χ1) is 38.7. The highest BCUT2D eigenvalue weighted by Gasteiger charge is 2.37. The van der Waals surface area contributed by atoms with E-state index in [2.05, 4.69) is 208 Å². The zero-order valence-corrected chi connectivity index (χ0v) is 47.4. The largest absolute Gasteiger partial charge is 0.415 e. The third-order valence-electron chi connectivity index (χ3n) is 16.5.